The molecule has 3 aromatic carbocycles. The molecule has 4 unspecified atom stereocenters. The van der Waals surface area contributed by atoms with Crippen LogP contribution in [0.5, 0.6) is 11.5 Å². The largest absolute Gasteiger partial charge is 0.497 e. The molecular formula is C33H40O6S. The van der Waals surface area contributed by atoms with E-state index < -0.39 is 15.8 Å². The van der Waals surface area contributed by atoms with Crippen molar-refractivity contribution in [3.05, 3.63) is 89.0 Å². The predicted octanol–water partition coefficient (Wildman–Crippen LogP) is 6.69. The molecule has 0 aromatic heterocycles. The quantitative estimate of drug-likeness (QED) is 0.295. The molecule has 0 radical (unpaired) electrons. The lowest BCUT2D eigenvalue weighted by Crippen LogP contribution is -2.32. The average molecular weight is 565 g/mol. The van der Waals surface area contributed by atoms with Gasteiger partial charge < -0.3 is 14.6 Å². The summed E-state index contributed by atoms with van der Waals surface area (Å²) in [5.74, 6) is 0.0158. The van der Waals surface area contributed by atoms with Gasteiger partial charge in [0.05, 0.1) is 25.4 Å². The van der Waals surface area contributed by atoms with Gasteiger partial charge in [-0.1, -0.05) is 63.2 Å². The van der Waals surface area contributed by atoms with Crippen LogP contribution in [0.2, 0.25) is 0 Å². The van der Waals surface area contributed by atoms with Gasteiger partial charge in [0.25, 0.3) is 0 Å². The molecule has 40 heavy (non-hydrogen) atoms. The van der Waals surface area contributed by atoms with Crippen molar-refractivity contribution in [2.45, 2.75) is 69.8 Å². The maximum atomic E-state index is 13.4. The molecule has 4 rings (SSSR count). The highest BCUT2D eigenvalue weighted by Gasteiger charge is 2.33. The summed E-state index contributed by atoms with van der Waals surface area (Å²) < 4.78 is 38.5. The Kier molecular flexibility index (Phi) is 9.56. The van der Waals surface area contributed by atoms with E-state index in [2.05, 4.69) is 32.9 Å². The number of carboxylic acid groups (broad SMARTS) is 1. The molecule has 0 spiro atoms. The molecule has 214 valence electrons. The lowest BCUT2D eigenvalue weighted by atomic mass is 9.81. The summed E-state index contributed by atoms with van der Waals surface area (Å²) in [6.07, 6.45) is 2.90. The van der Waals surface area contributed by atoms with Gasteiger partial charge in [-0.15, -0.1) is 0 Å². The number of aliphatic carboxylic acids is 1. The molecule has 3 aromatic rings. The summed E-state index contributed by atoms with van der Waals surface area (Å²) >= 11 is 0. The number of sulfone groups is 1. The van der Waals surface area contributed by atoms with E-state index in [1.54, 1.807) is 25.3 Å². The van der Waals surface area contributed by atoms with Gasteiger partial charge in [-0.2, -0.15) is 0 Å². The summed E-state index contributed by atoms with van der Waals surface area (Å²) in [6.45, 7) is 6.31. The number of rotatable bonds is 10. The molecule has 7 heteroatoms. The van der Waals surface area contributed by atoms with Crippen molar-refractivity contribution in [1.29, 1.82) is 0 Å². The van der Waals surface area contributed by atoms with E-state index in [0.29, 0.717) is 24.3 Å². The van der Waals surface area contributed by atoms with E-state index in [1.807, 2.05) is 36.4 Å². The molecule has 6 nitrogen and oxygen atoms in total. The molecule has 0 amide bonds. The van der Waals surface area contributed by atoms with Gasteiger partial charge >= 0.3 is 5.97 Å². The van der Waals surface area contributed by atoms with Gasteiger partial charge in [-0.05, 0) is 84.0 Å². The van der Waals surface area contributed by atoms with E-state index >= 15 is 0 Å². The zero-order valence-electron chi connectivity index (χ0n) is 23.8. The van der Waals surface area contributed by atoms with Crippen molar-refractivity contribution in [3.8, 4) is 11.5 Å². The molecule has 1 aliphatic heterocycles. The number of aryl methyl sites for hydroxylation is 1. The Labute approximate surface area is 238 Å². The topological polar surface area (TPSA) is 89.9 Å². The molecule has 0 aliphatic carbocycles. The Balaban J connectivity index is 1.66. The second-order valence-corrected chi connectivity index (χ2v) is 12.9. The fourth-order valence-corrected chi connectivity index (χ4v) is 7.74. The van der Waals surface area contributed by atoms with Gasteiger partial charge in [-0.3, -0.25) is 4.79 Å². The minimum atomic E-state index is -3.52. The van der Waals surface area contributed by atoms with Crippen LogP contribution in [0.15, 0.2) is 71.6 Å². The Bertz CT molecular complexity index is 1430. The molecular weight excluding hydrogens is 524 g/mol. The number of para-hydroxylation sites is 1. The normalized spacial score (nSPS) is 19.8. The van der Waals surface area contributed by atoms with Crippen LogP contribution in [0.1, 0.15) is 68.2 Å². The number of methoxy groups -OCH3 is 1. The Hall–Kier alpha value is -3.32. The Morgan fingerprint density at radius 1 is 1.02 bits per heavy atom. The minimum Gasteiger partial charge on any atom is -0.497 e. The van der Waals surface area contributed by atoms with Crippen LogP contribution >= 0.6 is 0 Å². The van der Waals surface area contributed by atoms with Crippen LogP contribution in [0.3, 0.4) is 0 Å². The number of hydrogen-bond donors (Lipinski definition) is 1. The third kappa shape index (κ3) is 6.87. The van der Waals surface area contributed by atoms with Crippen LogP contribution in [0.4, 0.5) is 0 Å². The highest BCUT2D eigenvalue weighted by atomic mass is 32.2. The number of benzene rings is 3. The van der Waals surface area contributed by atoms with Crippen LogP contribution in [-0.4, -0.2) is 38.5 Å². The first-order chi connectivity index (χ1) is 19.1. The van der Waals surface area contributed by atoms with Gasteiger partial charge in [0.2, 0.25) is 0 Å². The zero-order valence-corrected chi connectivity index (χ0v) is 24.6. The van der Waals surface area contributed by atoms with E-state index in [-0.39, 0.29) is 40.9 Å². The van der Waals surface area contributed by atoms with Gasteiger partial charge in [0.1, 0.15) is 16.4 Å². The maximum Gasteiger partial charge on any atom is 0.304 e. The van der Waals surface area contributed by atoms with Gasteiger partial charge in [-0.25, -0.2) is 8.42 Å². The molecule has 4 atom stereocenters. The zero-order chi connectivity index (χ0) is 28.9. The minimum absolute atomic E-state index is 0.0383. The molecule has 1 aliphatic rings. The molecule has 0 bridgehead atoms. The monoisotopic (exact) mass is 564 g/mol. The van der Waals surface area contributed by atoms with Crippen molar-refractivity contribution >= 4 is 15.8 Å². The summed E-state index contributed by atoms with van der Waals surface area (Å²) in [4.78, 5) is 12.1. The third-order valence-electron chi connectivity index (χ3n) is 8.17. The SMILES string of the molecule is CCc1ccc(C(CC(=O)O)c2cccc(OC)c2)cc1CC(C)C1CC(CC)Oc2ccccc2S(=O)(=O)C1. The Morgan fingerprint density at radius 3 is 2.48 bits per heavy atom. The van der Waals surface area contributed by atoms with Crippen molar-refractivity contribution in [1.82, 2.24) is 0 Å². The molecule has 0 saturated heterocycles. The fourth-order valence-electron chi connectivity index (χ4n) is 5.83. The lowest BCUT2D eigenvalue weighted by molar-refractivity contribution is -0.137. The number of ether oxygens (including phenoxy) is 2. The van der Waals surface area contributed by atoms with Crippen LogP contribution in [0, 0.1) is 11.8 Å². The summed E-state index contributed by atoms with van der Waals surface area (Å²) in [7, 11) is -1.92. The number of fused-ring (bicyclic) bond motifs is 1. The first kappa shape index (κ1) is 29.7. The van der Waals surface area contributed by atoms with Crippen LogP contribution in [0.25, 0.3) is 0 Å². The number of carbonyl (C=O) groups is 1. The van der Waals surface area contributed by atoms with Gasteiger partial charge in [0.15, 0.2) is 9.84 Å². The third-order valence-corrected chi connectivity index (χ3v) is 10.0. The smallest absolute Gasteiger partial charge is 0.304 e. The average Bonchev–Trinajstić information content (AvgIpc) is 2.94. The van der Waals surface area contributed by atoms with Crippen LogP contribution < -0.4 is 9.47 Å². The van der Waals surface area contributed by atoms with E-state index in [0.717, 1.165) is 29.5 Å². The van der Waals surface area contributed by atoms with Crippen molar-refractivity contribution in [2.75, 3.05) is 12.9 Å². The fraction of sp³-hybridized carbons (Fsp3) is 0.424. The number of hydrogen-bond acceptors (Lipinski definition) is 5. The van der Waals surface area contributed by atoms with Gasteiger partial charge in [0, 0.05) is 5.92 Å². The summed E-state index contributed by atoms with van der Waals surface area (Å²) in [5, 5.41) is 9.74. The molecule has 1 N–H and O–H groups in total. The maximum absolute atomic E-state index is 13.4. The molecule has 1 heterocycles. The first-order valence-electron chi connectivity index (χ1n) is 14.1. The van der Waals surface area contributed by atoms with E-state index in [9.17, 15) is 18.3 Å². The first-order valence-corrected chi connectivity index (χ1v) is 15.8. The van der Waals surface area contributed by atoms with E-state index in [4.69, 9.17) is 9.47 Å². The van der Waals surface area contributed by atoms with Crippen LogP contribution in [-0.2, 0) is 27.5 Å². The highest BCUT2D eigenvalue weighted by molar-refractivity contribution is 7.91. The highest BCUT2D eigenvalue weighted by Crippen LogP contribution is 2.37. The number of carboxylic acids is 1. The predicted molar refractivity (Wildman–Crippen MR) is 157 cm³/mol. The standard InChI is InChI=1S/C33H40O6S/c1-5-23-14-15-25(30(20-33(34)35)24-10-9-11-29(18-24)38-4)17-26(23)16-22(3)27-19-28(6-2)39-31-12-7-8-13-32(31)40(36,37)21-27/h7-15,17-18,22,27-28,30H,5-6,16,19-21H2,1-4H3,(H,34,35). The summed E-state index contributed by atoms with van der Waals surface area (Å²) in [6, 6.07) is 20.8. The second-order valence-electron chi connectivity index (χ2n) is 10.9. The van der Waals surface area contributed by atoms with Crippen molar-refractivity contribution in [2.24, 2.45) is 11.8 Å². The van der Waals surface area contributed by atoms with Crippen molar-refractivity contribution in [3.63, 3.8) is 0 Å². The summed E-state index contributed by atoms with van der Waals surface area (Å²) in [5.41, 5.74) is 4.15. The van der Waals surface area contributed by atoms with Crippen molar-refractivity contribution < 1.29 is 27.8 Å². The molecule has 0 fully saturated rings. The molecule has 0 saturated carbocycles. The Morgan fingerprint density at radius 2 is 1.77 bits per heavy atom. The van der Waals surface area contributed by atoms with E-state index in [1.165, 1.54) is 5.56 Å². The second kappa shape index (κ2) is 12.9. The lowest BCUT2D eigenvalue weighted by Gasteiger charge is -2.32.